The van der Waals surface area contributed by atoms with Gasteiger partial charge in [0, 0.05) is 17.0 Å². The largest absolute Gasteiger partial charge is 0.493 e. The van der Waals surface area contributed by atoms with Gasteiger partial charge in [-0.05, 0) is 31.3 Å². The Morgan fingerprint density at radius 2 is 1.87 bits per heavy atom. The smallest absolute Gasteiger partial charge is 0.119 e. The Balaban J connectivity index is 2.46. The van der Waals surface area contributed by atoms with Crippen molar-refractivity contribution in [3.8, 4) is 5.75 Å². The number of nitrogens with one attached hydrogen (secondary N) is 1. The van der Waals surface area contributed by atoms with Crippen molar-refractivity contribution in [2.75, 3.05) is 20.2 Å². The summed E-state index contributed by atoms with van der Waals surface area (Å²) in [5.74, 6) is 0.864. The number of halogens is 1. The molecule has 2 nitrogen and oxygen atoms in total. The second-order valence-electron chi connectivity index (χ2n) is 4.44. The molecule has 0 amide bonds. The van der Waals surface area contributed by atoms with Gasteiger partial charge < -0.3 is 10.1 Å². The van der Waals surface area contributed by atoms with Crippen LogP contribution in [0, 0.1) is 5.41 Å². The monoisotopic (exact) mass is 227 g/mol. The highest BCUT2D eigenvalue weighted by Gasteiger charge is 2.17. The van der Waals surface area contributed by atoms with Crippen molar-refractivity contribution in [1.82, 2.24) is 5.32 Å². The molecular formula is C12H18ClNO. The van der Waals surface area contributed by atoms with Crippen LogP contribution in [0.25, 0.3) is 0 Å². The highest BCUT2D eigenvalue weighted by molar-refractivity contribution is 6.30. The number of ether oxygens (including phenoxy) is 1. The lowest BCUT2D eigenvalue weighted by Crippen LogP contribution is -2.32. The Morgan fingerprint density at radius 3 is 2.40 bits per heavy atom. The molecule has 0 aliphatic heterocycles. The maximum atomic E-state index is 5.79. The van der Waals surface area contributed by atoms with Crippen LogP contribution < -0.4 is 10.1 Å². The molecule has 0 atom stereocenters. The average Bonchev–Trinajstić information content (AvgIpc) is 2.17. The van der Waals surface area contributed by atoms with Crippen LogP contribution in [0.1, 0.15) is 13.8 Å². The highest BCUT2D eigenvalue weighted by Crippen LogP contribution is 2.19. The molecule has 0 radical (unpaired) electrons. The Labute approximate surface area is 96.6 Å². The van der Waals surface area contributed by atoms with Gasteiger partial charge in [0.05, 0.1) is 6.61 Å². The Hall–Kier alpha value is -0.730. The first-order chi connectivity index (χ1) is 7.03. The predicted octanol–water partition coefficient (Wildman–Crippen LogP) is 2.96. The fraction of sp³-hybridized carbons (Fsp3) is 0.500. The van der Waals surface area contributed by atoms with E-state index >= 15 is 0 Å². The topological polar surface area (TPSA) is 21.3 Å². The molecule has 15 heavy (non-hydrogen) atoms. The SMILES string of the molecule is CNCC(C)(C)COc1ccc(Cl)cc1. The van der Waals surface area contributed by atoms with Crippen molar-refractivity contribution in [3.63, 3.8) is 0 Å². The van der Waals surface area contributed by atoms with Crippen LogP contribution >= 0.6 is 11.6 Å². The summed E-state index contributed by atoms with van der Waals surface area (Å²) >= 11 is 5.79. The zero-order chi connectivity index (χ0) is 11.3. The van der Waals surface area contributed by atoms with Crippen molar-refractivity contribution in [3.05, 3.63) is 29.3 Å². The normalized spacial score (nSPS) is 11.5. The van der Waals surface area contributed by atoms with Gasteiger partial charge in [-0.2, -0.15) is 0 Å². The number of rotatable bonds is 5. The Kier molecular flexibility index (Phi) is 4.43. The summed E-state index contributed by atoms with van der Waals surface area (Å²) in [5.41, 5.74) is 0.133. The van der Waals surface area contributed by atoms with Gasteiger partial charge in [-0.25, -0.2) is 0 Å². The predicted molar refractivity (Wildman–Crippen MR) is 64.7 cm³/mol. The molecule has 0 unspecified atom stereocenters. The molecule has 1 rings (SSSR count). The molecule has 84 valence electrons. The molecule has 0 fully saturated rings. The number of benzene rings is 1. The summed E-state index contributed by atoms with van der Waals surface area (Å²) in [5, 5.41) is 3.89. The zero-order valence-corrected chi connectivity index (χ0v) is 10.3. The van der Waals surface area contributed by atoms with E-state index in [1.165, 1.54) is 0 Å². The first-order valence-electron chi connectivity index (χ1n) is 5.06. The second-order valence-corrected chi connectivity index (χ2v) is 4.87. The van der Waals surface area contributed by atoms with Gasteiger partial charge >= 0.3 is 0 Å². The number of hydrogen-bond acceptors (Lipinski definition) is 2. The van der Waals surface area contributed by atoms with Crippen LogP contribution in [-0.4, -0.2) is 20.2 Å². The van der Waals surface area contributed by atoms with Gasteiger partial charge in [-0.3, -0.25) is 0 Å². The van der Waals surface area contributed by atoms with Gasteiger partial charge in [0.2, 0.25) is 0 Å². The first-order valence-corrected chi connectivity index (χ1v) is 5.44. The molecule has 0 saturated carbocycles. The molecule has 0 aromatic heterocycles. The summed E-state index contributed by atoms with van der Waals surface area (Å²) in [6.45, 7) is 5.95. The van der Waals surface area contributed by atoms with E-state index in [9.17, 15) is 0 Å². The summed E-state index contributed by atoms with van der Waals surface area (Å²) in [7, 11) is 1.95. The highest BCUT2D eigenvalue weighted by atomic mass is 35.5. The second kappa shape index (κ2) is 5.38. The van der Waals surface area contributed by atoms with E-state index in [0.29, 0.717) is 6.61 Å². The summed E-state index contributed by atoms with van der Waals surface area (Å²) in [6.07, 6.45) is 0. The lowest BCUT2D eigenvalue weighted by atomic mass is 9.95. The Bertz CT molecular complexity index is 295. The van der Waals surface area contributed by atoms with Crippen LogP contribution in [0.3, 0.4) is 0 Å². The fourth-order valence-electron chi connectivity index (χ4n) is 1.34. The minimum absolute atomic E-state index is 0.133. The van der Waals surface area contributed by atoms with Crippen molar-refractivity contribution < 1.29 is 4.74 Å². The third kappa shape index (κ3) is 4.54. The molecule has 0 heterocycles. The minimum Gasteiger partial charge on any atom is -0.493 e. The maximum absolute atomic E-state index is 5.79. The fourth-order valence-corrected chi connectivity index (χ4v) is 1.47. The van der Waals surface area contributed by atoms with Crippen molar-refractivity contribution in [2.24, 2.45) is 5.41 Å². The molecule has 0 aliphatic rings. The van der Waals surface area contributed by atoms with Crippen LogP contribution in [0.4, 0.5) is 0 Å². The van der Waals surface area contributed by atoms with E-state index in [2.05, 4.69) is 19.2 Å². The average molecular weight is 228 g/mol. The van der Waals surface area contributed by atoms with Crippen molar-refractivity contribution in [2.45, 2.75) is 13.8 Å². The molecule has 1 N–H and O–H groups in total. The standard InChI is InChI=1S/C12H18ClNO/c1-12(2,8-14-3)9-15-11-6-4-10(13)5-7-11/h4-7,14H,8-9H2,1-3H3. The van der Waals surface area contributed by atoms with Gasteiger partial charge in [-0.1, -0.05) is 25.4 Å². The van der Waals surface area contributed by atoms with E-state index in [0.717, 1.165) is 17.3 Å². The molecule has 0 aliphatic carbocycles. The quantitative estimate of drug-likeness (QED) is 0.835. The van der Waals surface area contributed by atoms with Gasteiger partial charge in [0.25, 0.3) is 0 Å². The number of hydrogen-bond donors (Lipinski definition) is 1. The third-order valence-corrected chi connectivity index (χ3v) is 2.35. The molecule has 0 bridgehead atoms. The molecule has 0 saturated heterocycles. The molecular weight excluding hydrogens is 210 g/mol. The summed E-state index contributed by atoms with van der Waals surface area (Å²) in [4.78, 5) is 0. The third-order valence-electron chi connectivity index (χ3n) is 2.10. The molecule has 0 spiro atoms. The van der Waals surface area contributed by atoms with Crippen molar-refractivity contribution >= 4 is 11.6 Å². The van der Waals surface area contributed by atoms with Crippen LogP contribution in [-0.2, 0) is 0 Å². The van der Waals surface area contributed by atoms with E-state index < -0.39 is 0 Å². The van der Waals surface area contributed by atoms with Crippen LogP contribution in [0.2, 0.25) is 5.02 Å². The first kappa shape index (κ1) is 12.3. The van der Waals surface area contributed by atoms with E-state index in [1.807, 2.05) is 31.3 Å². The molecule has 1 aromatic carbocycles. The summed E-state index contributed by atoms with van der Waals surface area (Å²) < 4.78 is 5.68. The van der Waals surface area contributed by atoms with Crippen LogP contribution in [0.5, 0.6) is 5.75 Å². The maximum Gasteiger partial charge on any atom is 0.119 e. The van der Waals surface area contributed by atoms with Gasteiger partial charge in [0.15, 0.2) is 0 Å². The minimum atomic E-state index is 0.133. The van der Waals surface area contributed by atoms with Crippen molar-refractivity contribution in [1.29, 1.82) is 0 Å². The van der Waals surface area contributed by atoms with E-state index in [-0.39, 0.29) is 5.41 Å². The lowest BCUT2D eigenvalue weighted by Gasteiger charge is -2.24. The van der Waals surface area contributed by atoms with Gasteiger partial charge in [-0.15, -0.1) is 0 Å². The molecule has 3 heteroatoms. The summed E-state index contributed by atoms with van der Waals surface area (Å²) in [6, 6.07) is 7.44. The van der Waals surface area contributed by atoms with Gasteiger partial charge in [0.1, 0.15) is 5.75 Å². The zero-order valence-electron chi connectivity index (χ0n) is 9.51. The molecule has 1 aromatic rings. The van der Waals surface area contributed by atoms with E-state index in [4.69, 9.17) is 16.3 Å². The van der Waals surface area contributed by atoms with E-state index in [1.54, 1.807) is 0 Å². The lowest BCUT2D eigenvalue weighted by molar-refractivity contribution is 0.179. The Morgan fingerprint density at radius 1 is 1.27 bits per heavy atom. The van der Waals surface area contributed by atoms with Crippen LogP contribution in [0.15, 0.2) is 24.3 Å².